The molecule has 1 aromatic rings. The van der Waals surface area contributed by atoms with Crippen molar-refractivity contribution in [1.82, 2.24) is 9.97 Å². The Hall–Kier alpha value is -1.12. The molecule has 0 radical (unpaired) electrons. The Kier molecular flexibility index (Phi) is 4.18. The number of carbonyl (C=O) groups excluding carboxylic acids is 1. The number of nitrogens with one attached hydrogen (secondary N) is 1. The van der Waals surface area contributed by atoms with Gasteiger partial charge in [0.15, 0.2) is 0 Å². The highest BCUT2D eigenvalue weighted by Gasteiger charge is 1.93. The van der Waals surface area contributed by atoms with Crippen molar-refractivity contribution >= 4 is 6.29 Å². The van der Waals surface area contributed by atoms with E-state index in [2.05, 4.69) is 9.97 Å². The van der Waals surface area contributed by atoms with Gasteiger partial charge in [-0.1, -0.05) is 7.43 Å². The molecule has 62 valence electrons. The van der Waals surface area contributed by atoms with Crippen LogP contribution in [0.25, 0.3) is 0 Å². The van der Waals surface area contributed by atoms with Gasteiger partial charge in [0.25, 0.3) is 0 Å². The fourth-order valence-electron chi connectivity index (χ4n) is 0.813. The molecule has 0 aliphatic carbocycles. The topological polar surface area (TPSA) is 45.8 Å². The van der Waals surface area contributed by atoms with Crippen LogP contribution in [-0.4, -0.2) is 16.3 Å². The number of carbonyl (C=O) groups is 1. The molecular weight excluding hydrogens is 140 g/mol. The Morgan fingerprint density at radius 3 is 2.91 bits per heavy atom. The Labute approximate surface area is 66.9 Å². The first-order valence-electron chi connectivity index (χ1n) is 3.27. The number of hydrogen-bond donors (Lipinski definition) is 1. The summed E-state index contributed by atoms with van der Waals surface area (Å²) in [4.78, 5) is 17.0. The van der Waals surface area contributed by atoms with Gasteiger partial charge in [0.1, 0.15) is 12.1 Å². The molecule has 0 bridgehead atoms. The second-order valence-corrected chi connectivity index (χ2v) is 2.20. The minimum atomic E-state index is 0. The third-order valence-corrected chi connectivity index (χ3v) is 1.29. The van der Waals surface area contributed by atoms with Crippen molar-refractivity contribution in [3.8, 4) is 0 Å². The number of rotatable bonds is 3. The third-order valence-electron chi connectivity index (χ3n) is 1.29. The number of H-pyrrole nitrogens is 1. The van der Waals surface area contributed by atoms with Crippen LogP contribution >= 0.6 is 0 Å². The van der Waals surface area contributed by atoms with Crippen LogP contribution in [0, 0.1) is 6.92 Å². The van der Waals surface area contributed by atoms with E-state index in [9.17, 15) is 4.79 Å². The van der Waals surface area contributed by atoms with Crippen LogP contribution in [0.1, 0.15) is 25.4 Å². The summed E-state index contributed by atoms with van der Waals surface area (Å²) in [6.07, 6.45) is 4.01. The number of imidazole rings is 1. The molecule has 0 saturated heterocycles. The molecule has 0 saturated carbocycles. The molecule has 3 heteroatoms. The molecule has 0 fully saturated rings. The lowest BCUT2D eigenvalue weighted by Crippen LogP contribution is -1.85. The van der Waals surface area contributed by atoms with Gasteiger partial charge in [-0.2, -0.15) is 0 Å². The highest BCUT2D eigenvalue weighted by Crippen LogP contribution is 1.97. The van der Waals surface area contributed by atoms with Crippen molar-refractivity contribution in [3.05, 3.63) is 17.7 Å². The van der Waals surface area contributed by atoms with Gasteiger partial charge in [-0.25, -0.2) is 4.98 Å². The largest absolute Gasteiger partial charge is 0.346 e. The average Bonchev–Trinajstić information content (AvgIpc) is 2.31. The van der Waals surface area contributed by atoms with E-state index in [-0.39, 0.29) is 7.43 Å². The van der Waals surface area contributed by atoms with Crippen LogP contribution in [0.5, 0.6) is 0 Å². The molecule has 0 amide bonds. The van der Waals surface area contributed by atoms with Crippen LogP contribution in [0.4, 0.5) is 0 Å². The monoisotopic (exact) mass is 154 g/mol. The highest BCUT2D eigenvalue weighted by molar-refractivity contribution is 5.49. The fraction of sp³-hybridized carbons (Fsp3) is 0.500. The van der Waals surface area contributed by atoms with Gasteiger partial charge in [0, 0.05) is 18.3 Å². The number of aldehydes is 1. The first kappa shape index (κ1) is 9.88. The Morgan fingerprint density at radius 2 is 2.45 bits per heavy atom. The SMILES string of the molecule is C.Cc1ncc(CCC=O)[nH]1. The van der Waals surface area contributed by atoms with Crippen molar-refractivity contribution in [3.63, 3.8) is 0 Å². The van der Waals surface area contributed by atoms with Crippen molar-refractivity contribution < 1.29 is 4.79 Å². The summed E-state index contributed by atoms with van der Waals surface area (Å²) in [6.45, 7) is 1.89. The van der Waals surface area contributed by atoms with Crippen LogP contribution < -0.4 is 0 Å². The summed E-state index contributed by atoms with van der Waals surface area (Å²) in [7, 11) is 0. The first-order valence-corrected chi connectivity index (χ1v) is 3.27. The van der Waals surface area contributed by atoms with Gasteiger partial charge in [-0.15, -0.1) is 0 Å². The molecule has 3 nitrogen and oxygen atoms in total. The Bertz CT molecular complexity index is 218. The van der Waals surface area contributed by atoms with Gasteiger partial charge in [-0.05, 0) is 13.3 Å². The molecule has 0 aliphatic heterocycles. The van der Waals surface area contributed by atoms with Crippen LogP contribution in [0.3, 0.4) is 0 Å². The zero-order valence-corrected chi connectivity index (χ0v) is 5.92. The molecule has 0 spiro atoms. The molecule has 1 N–H and O–H groups in total. The molecule has 1 rings (SSSR count). The van der Waals surface area contributed by atoms with Crippen LogP contribution in [0.15, 0.2) is 6.20 Å². The van der Waals surface area contributed by atoms with Gasteiger partial charge in [-0.3, -0.25) is 0 Å². The maximum atomic E-state index is 9.95. The highest BCUT2D eigenvalue weighted by atomic mass is 16.1. The zero-order chi connectivity index (χ0) is 7.40. The van der Waals surface area contributed by atoms with Crippen molar-refractivity contribution in [2.45, 2.75) is 27.2 Å². The second-order valence-electron chi connectivity index (χ2n) is 2.20. The second kappa shape index (κ2) is 4.66. The lowest BCUT2D eigenvalue weighted by Gasteiger charge is -1.87. The standard InChI is InChI=1S/C7H10N2O.CH4/c1-6-8-5-7(9-6)3-2-4-10;/h4-5H,2-3H2,1H3,(H,8,9);1H4. The minimum absolute atomic E-state index is 0. The van der Waals surface area contributed by atoms with E-state index in [4.69, 9.17) is 0 Å². The van der Waals surface area contributed by atoms with Crippen molar-refractivity contribution in [1.29, 1.82) is 0 Å². The molecule has 1 heterocycles. The Morgan fingerprint density at radius 1 is 1.73 bits per heavy atom. The lowest BCUT2D eigenvalue weighted by atomic mass is 10.3. The first-order chi connectivity index (χ1) is 4.83. The zero-order valence-electron chi connectivity index (χ0n) is 5.92. The van der Waals surface area contributed by atoms with Crippen molar-refractivity contribution in [2.75, 3.05) is 0 Å². The normalized spacial score (nSPS) is 8.82. The molecule has 0 unspecified atom stereocenters. The number of nitrogens with zero attached hydrogens (tertiary/aromatic N) is 1. The van der Waals surface area contributed by atoms with E-state index < -0.39 is 0 Å². The maximum Gasteiger partial charge on any atom is 0.120 e. The molecular formula is C8H14N2O. The van der Waals surface area contributed by atoms with Crippen LogP contribution in [0.2, 0.25) is 0 Å². The average molecular weight is 154 g/mol. The predicted octanol–water partition coefficient (Wildman–Crippen LogP) is 1.49. The van der Waals surface area contributed by atoms with E-state index in [1.165, 1.54) is 0 Å². The maximum absolute atomic E-state index is 9.95. The molecule has 0 aromatic carbocycles. The summed E-state index contributed by atoms with van der Waals surface area (Å²) in [6, 6.07) is 0. The van der Waals surface area contributed by atoms with Gasteiger partial charge in [0.05, 0.1) is 0 Å². The van der Waals surface area contributed by atoms with E-state index in [0.29, 0.717) is 6.42 Å². The summed E-state index contributed by atoms with van der Waals surface area (Å²) in [5.74, 6) is 0.904. The van der Waals surface area contributed by atoms with Gasteiger partial charge < -0.3 is 9.78 Å². The predicted molar refractivity (Wildman–Crippen MR) is 44.4 cm³/mol. The molecule has 1 aromatic heterocycles. The summed E-state index contributed by atoms with van der Waals surface area (Å²) < 4.78 is 0. The molecule has 11 heavy (non-hydrogen) atoms. The fourth-order valence-corrected chi connectivity index (χ4v) is 0.813. The summed E-state index contributed by atoms with van der Waals surface area (Å²) in [5.41, 5.74) is 1.03. The number of aryl methyl sites for hydroxylation is 2. The Balaban J connectivity index is 0.000001000. The number of hydrogen-bond acceptors (Lipinski definition) is 2. The van der Waals surface area contributed by atoms with Crippen molar-refractivity contribution in [2.24, 2.45) is 0 Å². The van der Waals surface area contributed by atoms with Gasteiger partial charge >= 0.3 is 0 Å². The summed E-state index contributed by atoms with van der Waals surface area (Å²) in [5, 5.41) is 0. The number of aromatic amines is 1. The van der Waals surface area contributed by atoms with E-state index in [1.807, 2.05) is 6.92 Å². The number of aromatic nitrogens is 2. The lowest BCUT2D eigenvalue weighted by molar-refractivity contribution is -0.107. The quantitative estimate of drug-likeness (QED) is 0.670. The smallest absolute Gasteiger partial charge is 0.120 e. The van der Waals surface area contributed by atoms with Crippen LogP contribution in [-0.2, 0) is 11.2 Å². The van der Waals surface area contributed by atoms with Gasteiger partial charge in [0.2, 0.25) is 0 Å². The van der Waals surface area contributed by atoms with E-state index in [0.717, 1.165) is 24.2 Å². The molecule has 0 atom stereocenters. The molecule has 0 aliphatic rings. The minimum Gasteiger partial charge on any atom is -0.346 e. The third kappa shape index (κ3) is 2.98. The van der Waals surface area contributed by atoms with E-state index >= 15 is 0 Å². The van der Waals surface area contributed by atoms with E-state index in [1.54, 1.807) is 6.20 Å². The summed E-state index contributed by atoms with van der Waals surface area (Å²) >= 11 is 0.